The van der Waals surface area contributed by atoms with Gasteiger partial charge in [-0.2, -0.15) is 4.31 Å². The molecule has 0 aromatic heterocycles. The van der Waals surface area contributed by atoms with Gasteiger partial charge in [-0.1, -0.05) is 53.2 Å². The van der Waals surface area contributed by atoms with Crippen molar-refractivity contribution < 1.29 is 17.9 Å². The summed E-state index contributed by atoms with van der Waals surface area (Å²) in [6.07, 6.45) is 0.730. The smallest absolute Gasteiger partial charge is 0.243 e. The summed E-state index contributed by atoms with van der Waals surface area (Å²) in [5.41, 5.74) is 4.11. The van der Waals surface area contributed by atoms with Gasteiger partial charge in [0, 0.05) is 16.7 Å². The first kappa shape index (κ1) is 26.9. The lowest BCUT2D eigenvalue weighted by Gasteiger charge is -2.23. The lowest BCUT2D eigenvalue weighted by molar-refractivity contribution is -0.116. The first-order valence-corrected chi connectivity index (χ1v) is 13.7. The summed E-state index contributed by atoms with van der Waals surface area (Å²) in [5.74, 6) is 0.240. The Bertz CT molecular complexity index is 1290. The number of carbonyl (C=O) groups excluding carboxylic acids is 1. The van der Waals surface area contributed by atoms with Gasteiger partial charge in [0.1, 0.15) is 5.75 Å². The molecule has 0 spiro atoms. The van der Waals surface area contributed by atoms with Gasteiger partial charge >= 0.3 is 0 Å². The standard InChI is InChI=1S/C27H31BrN2O4S/c1-5-22-16-23(28)14-20(4)27(22)29-26(31)18-30(17-21-10-8-7-9-11-21)35(32,33)24-12-13-25(34-6-2)19(3)15-24/h7-16H,5-6,17-18H2,1-4H3,(H,29,31). The van der Waals surface area contributed by atoms with Gasteiger partial charge in [-0.3, -0.25) is 4.79 Å². The number of halogens is 1. The highest BCUT2D eigenvalue weighted by Gasteiger charge is 2.28. The van der Waals surface area contributed by atoms with E-state index >= 15 is 0 Å². The molecule has 3 aromatic carbocycles. The van der Waals surface area contributed by atoms with Crippen LogP contribution in [-0.4, -0.2) is 31.8 Å². The molecule has 0 unspecified atom stereocenters. The van der Waals surface area contributed by atoms with Crippen LogP contribution in [0.1, 0.15) is 36.1 Å². The number of benzene rings is 3. The zero-order valence-electron chi connectivity index (χ0n) is 20.5. The van der Waals surface area contributed by atoms with E-state index in [1.165, 1.54) is 10.4 Å². The maximum Gasteiger partial charge on any atom is 0.243 e. The highest BCUT2D eigenvalue weighted by atomic mass is 79.9. The van der Waals surface area contributed by atoms with Crippen LogP contribution in [0.25, 0.3) is 0 Å². The van der Waals surface area contributed by atoms with Crippen molar-refractivity contribution in [1.82, 2.24) is 4.31 Å². The molecular formula is C27H31BrN2O4S. The summed E-state index contributed by atoms with van der Waals surface area (Å²) in [6.45, 7) is 7.85. The molecule has 0 bridgehead atoms. The van der Waals surface area contributed by atoms with E-state index in [0.717, 1.165) is 38.8 Å². The third-order valence-electron chi connectivity index (χ3n) is 5.63. The summed E-state index contributed by atoms with van der Waals surface area (Å²) in [7, 11) is -3.96. The Morgan fingerprint density at radius 3 is 2.34 bits per heavy atom. The highest BCUT2D eigenvalue weighted by molar-refractivity contribution is 9.10. The minimum Gasteiger partial charge on any atom is -0.494 e. The summed E-state index contributed by atoms with van der Waals surface area (Å²) in [4.78, 5) is 13.3. The molecule has 186 valence electrons. The van der Waals surface area contributed by atoms with Gasteiger partial charge < -0.3 is 10.1 Å². The molecule has 6 nitrogen and oxygen atoms in total. The zero-order chi connectivity index (χ0) is 25.6. The van der Waals surface area contributed by atoms with E-state index in [4.69, 9.17) is 4.74 Å². The van der Waals surface area contributed by atoms with Crippen LogP contribution in [0, 0.1) is 13.8 Å². The lowest BCUT2D eigenvalue weighted by atomic mass is 10.1. The maximum atomic E-state index is 13.7. The minimum absolute atomic E-state index is 0.0722. The van der Waals surface area contributed by atoms with Crippen LogP contribution in [0.2, 0.25) is 0 Å². The molecule has 3 rings (SSSR count). The maximum absolute atomic E-state index is 13.7. The molecule has 0 radical (unpaired) electrons. The van der Waals surface area contributed by atoms with Crippen molar-refractivity contribution >= 4 is 37.5 Å². The number of hydrogen-bond acceptors (Lipinski definition) is 4. The molecule has 1 N–H and O–H groups in total. The number of hydrogen-bond donors (Lipinski definition) is 1. The molecule has 0 atom stereocenters. The molecule has 35 heavy (non-hydrogen) atoms. The Morgan fingerprint density at radius 1 is 1.00 bits per heavy atom. The van der Waals surface area contributed by atoms with Crippen LogP contribution in [0.3, 0.4) is 0 Å². The molecule has 0 saturated heterocycles. The molecule has 8 heteroatoms. The van der Waals surface area contributed by atoms with Gasteiger partial charge in [0.05, 0.1) is 18.0 Å². The predicted molar refractivity (Wildman–Crippen MR) is 143 cm³/mol. The Morgan fingerprint density at radius 2 is 1.71 bits per heavy atom. The van der Waals surface area contributed by atoms with E-state index in [1.807, 2.05) is 63.2 Å². The zero-order valence-corrected chi connectivity index (χ0v) is 22.9. The molecule has 3 aromatic rings. The third kappa shape index (κ3) is 6.72. The second-order valence-corrected chi connectivity index (χ2v) is 11.1. The Balaban J connectivity index is 1.93. The Labute approximate surface area is 216 Å². The van der Waals surface area contributed by atoms with Gasteiger partial charge in [-0.25, -0.2) is 8.42 Å². The fourth-order valence-electron chi connectivity index (χ4n) is 3.87. The van der Waals surface area contributed by atoms with Gasteiger partial charge in [0.15, 0.2) is 0 Å². The van der Waals surface area contributed by atoms with E-state index in [9.17, 15) is 13.2 Å². The first-order valence-electron chi connectivity index (χ1n) is 11.5. The van der Waals surface area contributed by atoms with Crippen molar-refractivity contribution in [1.29, 1.82) is 0 Å². The van der Waals surface area contributed by atoms with Crippen LogP contribution in [0.4, 0.5) is 5.69 Å². The van der Waals surface area contributed by atoms with Crippen LogP contribution < -0.4 is 10.1 Å². The third-order valence-corrected chi connectivity index (χ3v) is 7.88. The molecule has 0 saturated carbocycles. The first-order chi connectivity index (χ1) is 16.6. The molecule has 0 aliphatic carbocycles. The Hall–Kier alpha value is -2.68. The number of sulfonamides is 1. The number of nitrogens with one attached hydrogen (secondary N) is 1. The minimum atomic E-state index is -3.96. The van der Waals surface area contributed by atoms with Crippen molar-refractivity contribution in [3.05, 3.63) is 87.4 Å². The topological polar surface area (TPSA) is 75.7 Å². The van der Waals surface area contributed by atoms with Crippen molar-refractivity contribution in [2.45, 2.75) is 45.6 Å². The number of rotatable bonds is 10. The average Bonchev–Trinajstić information content (AvgIpc) is 2.82. The van der Waals surface area contributed by atoms with Crippen LogP contribution in [0.15, 0.2) is 70.0 Å². The van der Waals surface area contributed by atoms with E-state index in [-0.39, 0.29) is 18.0 Å². The summed E-state index contributed by atoms with van der Waals surface area (Å²) in [5, 5.41) is 2.95. The van der Waals surface area contributed by atoms with Gasteiger partial charge in [-0.15, -0.1) is 0 Å². The second-order valence-electron chi connectivity index (χ2n) is 8.28. The largest absolute Gasteiger partial charge is 0.494 e. The molecule has 0 aliphatic rings. The van der Waals surface area contributed by atoms with Crippen LogP contribution in [-0.2, 0) is 27.8 Å². The summed E-state index contributed by atoms with van der Waals surface area (Å²) < 4.78 is 35.1. The Kier molecular flexibility index (Phi) is 9.10. The van der Waals surface area contributed by atoms with Crippen molar-refractivity contribution in [2.24, 2.45) is 0 Å². The summed E-state index contributed by atoms with van der Waals surface area (Å²) in [6, 6.07) is 17.9. The fraction of sp³-hybridized carbons (Fsp3) is 0.296. The molecule has 1 amide bonds. The number of amides is 1. The molecule has 0 heterocycles. The number of anilines is 1. The fourth-order valence-corrected chi connectivity index (χ4v) is 5.96. The van der Waals surface area contributed by atoms with Gasteiger partial charge in [-0.05, 0) is 79.8 Å². The number of nitrogens with zero attached hydrogens (tertiary/aromatic N) is 1. The number of carbonyl (C=O) groups is 1. The number of aryl methyl sites for hydroxylation is 3. The summed E-state index contributed by atoms with van der Waals surface area (Å²) >= 11 is 3.49. The molecule has 0 aliphatic heterocycles. The van der Waals surface area contributed by atoms with Crippen molar-refractivity contribution in [3.63, 3.8) is 0 Å². The van der Waals surface area contributed by atoms with Gasteiger partial charge in [0.2, 0.25) is 15.9 Å². The monoisotopic (exact) mass is 558 g/mol. The average molecular weight is 560 g/mol. The van der Waals surface area contributed by atoms with E-state index < -0.39 is 15.9 Å². The van der Waals surface area contributed by atoms with Crippen molar-refractivity contribution in [3.8, 4) is 5.75 Å². The van der Waals surface area contributed by atoms with Crippen molar-refractivity contribution in [2.75, 3.05) is 18.5 Å². The lowest BCUT2D eigenvalue weighted by Crippen LogP contribution is -2.37. The quantitative estimate of drug-likeness (QED) is 0.338. The van der Waals surface area contributed by atoms with E-state index in [0.29, 0.717) is 12.4 Å². The normalized spacial score (nSPS) is 11.5. The number of ether oxygens (including phenoxy) is 1. The van der Waals surface area contributed by atoms with E-state index in [1.54, 1.807) is 19.1 Å². The van der Waals surface area contributed by atoms with E-state index in [2.05, 4.69) is 21.2 Å². The predicted octanol–water partition coefficient (Wildman–Crippen LogP) is 5.86. The van der Waals surface area contributed by atoms with Gasteiger partial charge in [0.25, 0.3) is 0 Å². The molecular weight excluding hydrogens is 528 g/mol. The van der Waals surface area contributed by atoms with Crippen LogP contribution in [0.5, 0.6) is 5.75 Å². The second kappa shape index (κ2) is 11.8. The SMILES string of the molecule is CCOc1ccc(S(=O)(=O)N(CC(=O)Nc2c(C)cc(Br)cc2CC)Cc2ccccc2)cc1C. The molecule has 0 fully saturated rings. The highest BCUT2D eigenvalue weighted by Crippen LogP contribution is 2.28. The van der Waals surface area contributed by atoms with Crippen LogP contribution >= 0.6 is 15.9 Å².